The largest absolute Gasteiger partial charge is 0.472 e. The molecule has 1 heterocycles. The van der Waals surface area contributed by atoms with Gasteiger partial charge in [0.15, 0.2) is 0 Å². The molecule has 1 N–H and O–H groups in total. The molecular formula is C11H17NO2. The smallest absolute Gasteiger partial charge is 0.0947 e. The van der Waals surface area contributed by atoms with Gasteiger partial charge >= 0.3 is 0 Å². The lowest BCUT2D eigenvalue weighted by atomic mass is 10.2. The minimum atomic E-state index is -0.146. The van der Waals surface area contributed by atoms with Gasteiger partial charge in [-0.3, -0.25) is 4.90 Å². The maximum absolute atomic E-state index is 9.72. The molecule has 0 amide bonds. The van der Waals surface area contributed by atoms with Crippen molar-refractivity contribution < 1.29 is 9.52 Å². The van der Waals surface area contributed by atoms with E-state index in [4.69, 9.17) is 4.42 Å². The topological polar surface area (TPSA) is 36.6 Å². The Hall–Kier alpha value is -0.800. The number of rotatable bonds is 3. The van der Waals surface area contributed by atoms with E-state index in [2.05, 4.69) is 11.9 Å². The number of aliphatic hydroxyl groups is 1. The van der Waals surface area contributed by atoms with Gasteiger partial charge in [0.1, 0.15) is 0 Å². The first-order valence-electron chi connectivity index (χ1n) is 5.17. The van der Waals surface area contributed by atoms with Gasteiger partial charge in [0.05, 0.1) is 18.6 Å². The van der Waals surface area contributed by atoms with Gasteiger partial charge in [0.25, 0.3) is 0 Å². The second-order valence-electron chi connectivity index (χ2n) is 4.11. The molecule has 2 atom stereocenters. The molecule has 1 fully saturated rings. The van der Waals surface area contributed by atoms with Crippen LogP contribution in [-0.2, 0) is 6.54 Å². The molecule has 3 heteroatoms. The van der Waals surface area contributed by atoms with Gasteiger partial charge in [-0.2, -0.15) is 0 Å². The van der Waals surface area contributed by atoms with Crippen molar-refractivity contribution in [1.82, 2.24) is 4.90 Å². The molecule has 0 aromatic carbocycles. The van der Waals surface area contributed by atoms with Gasteiger partial charge in [0.2, 0.25) is 0 Å². The number of furan rings is 1. The highest BCUT2D eigenvalue weighted by molar-refractivity contribution is 5.05. The van der Waals surface area contributed by atoms with E-state index in [1.54, 1.807) is 12.5 Å². The van der Waals surface area contributed by atoms with Crippen LogP contribution in [-0.4, -0.2) is 29.2 Å². The lowest BCUT2D eigenvalue weighted by Gasteiger charge is -2.26. The standard InChI is InChI=1S/C11H17NO2/c1-12(7-9-5-6-14-8-9)10-3-2-4-11(10)13/h5-6,8,10-11,13H,2-4,7H2,1H3. The van der Waals surface area contributed by atoms with E-state index in [9.17, 15) is 5.11 Å². The summed E-state index contributed by atoms with van der Waals surface area (Å²) in [7, 11) is 2.06. The van der Waals surface area contributed by atoms with Gasteiger partial charge in [-0.1, -0.05) is 0 Å². The van der Waals surface area contributed by atoms with Crippen LogP contribution in [0, 0.1) is 0 Å². The van der Waals surface area contributed by atoms with Crippen molar-refractivity contribution in [2.24, 2.45) is 0 Å². The molecule has 78 valence electrons. The van der Waals surface area contributed by atoms with E-state index in [0.717, 1.165) is 25.8 Å². The summed E-state index contributed by atoms with van der Waals surface area (Å²) in [5, 5.41) is 9.72. The van der Waals surface area contributed by atoms with Gasteiger partial charge in [-0.25, -0.2) is 0 Å². The predicted octanol–water partition coefficient (Wildman–Crippen LogP) is 1.62. The van der Waals surface area contributed by atoms with Crippen molar-refractivity contribution in [3.63, 3.8) is 0 Å². The van der Waals surface area contributed by atoms with Crippen molar-refractivity contribution in [2.75, 3.05) is 7.05 Å². The van der Waals surface area contributed by atoms with Crippen LogP contribution in [0.5, 0.6) is 0 Å². The van der Waals surface area contributed by atoms with Crippen LogP contribution >= 0.6 is 0 Å². The normalized spacial score (nSPS) is 27.4. The first kappa shape index (κ1) is 9.74. The van der Waals surface area contributed by atoms with Gasteiger partial charge in [0, 0.05) is 18.2 Å². The van der Waals surface area contributed by atoms with E-state index < -0.39 is 0 Å². The minimum absolute atomic E-state index is 0.146. The van der Waals surface area contributed by atoms with Crippen LogP contribution < -0.4 is 0 Å². The molecule has 3 nitrogen and oxygen atoms in total. The predicted molar refractivity (Wildman–Crippen MR) is 53.8 cm³/mol. The Labute approximate surface area is 84.3 Å². The zero-order valence-corrected chi connectivity index (χ0v) is 8.52. The van der Waals surface area contributed by atoms with E-state index in [-0.39, 0.29) is 6.10 Å². The Bertz CT molecular complexity index is 271. The minimum Gasteiger partial charge on any atom is -0.472 e. The number of nitrogens with zero attached hydrogens (tertiary/aromatic N) is 1. The zero-order chi connectivity index (χ0) is 9.97. The summed E-state index contributed by atoms with van der Waals surface area (Å²) in [4.78, 5) is 2.21. The number of hydrogen-bond acceptors (Lipinski definition) is 3. The van der Waals surface area contributed by atoms with E-state index in [1.165, 1.54) is 5.56 Å². The van der Waals surface area contributed by atoms with Gasteiger partial charge in [-0.05, 0) is 32.4 Å². The van der Waals surface area contributed by atoms with Crippen LogP contribution in [0.15, 0.2) is 23.0 Å². The molecule has 1 saturated carbocycles. The third-order valence-corrected chi connectivity index (χ3v) is 3.02. The highest BCUT2D eigenvalue weighted by Crippen LogP contribution is 2.24. The second-order valence-corrected chi connectivity index (χ2v) is 4.11. The fraction of sp³-hybridized carbons (Fsp3) is 0.636. The molecular weight excluding hydrogens is 178 g/mol. The summed E-state index contributed by atoms with van der Waals surface area (Å²) in [5.41, 5.74) is 1.17. The van der Waals surface area contributed by atoms with Crippen LogP contribution in [0.25, 0.3) is 0 Å². The molecule has 0 spiro atoms. The highest BCUT2D eigenvalue weighted by atomic mass is 16.3. The van der Waals surface area contributed by atoms with E-state index >= 15 is 0 Å². The molecule has 2 rings (SSSR count). The molecule has 1 aromatic heterocycles. The molecule has 0 bridgehead atoms. The average molecular weight is 195 g/mol. The lowest BCUT2D eigenvalue weighted by Crippen LogP contribution is -2.36. The summed E-state index contributed by atoms with van der Waals surface area (Å²) in [5.74, 6) is 0. The van der Waals surface area contributed by atoms with E-state index in [0.29, 0.717) is 6.04 Å². The maximum Gasteiger partial charge on any atom is 0.0947 e. The Morgan fingerprint density at radius 1 is 1.57 bits per heavy atom. The Morgan fingerprint density at radius 2 is 2.43 bits per heavy atom. The zero-order valence-electron chi connectivity index (χ0n) is 8.52. The average Bonchev–Trinajstić information content (AvgIpc) is 2.75. The SMILES string of the molecule is CN(Cc1ccoc1)C1CCCC1O. The number of aliphatic hydroxyl groups excluding tert-OH is 1. The first-order chi connectivity index (χ1) is 6.77. The second kappa shape index (κ2) is 4.15. The van der Waals surface area contributed by atoms with Crippen molar-refractivity contribution in [2.45, 2.75) is 38.0 Å². The fourth-order valence-electron chi connectivity index (χ4n) is 2.22. The maximum atomic E-state index is 9.72. The molecule has 0 saturated heterocycles. The third kappa shape index (κ3) is 1.99. The van der Waals surface area contributed by atoms with Crippen LogP contribution in [0.2, 0.25) is 0 Å². The number of hydrogen-bond donors (Lipinski definition) is 1. The molecule has 14 heavy (non-hydrogen) atoms. The highest BCUT2D eigenvalue weighted by Gasteiger charge is 2.28. The Kier molecular flexibility index (Phi) is 2.89. The molecule has 0 aliphatic heterocycles. The first-order valence-corrected chi connectivity index (χ1v) is 5.17. The lowest BCUT2D eigenvalue weighted by molar-refractivity contribution is 0.0824. The van der Waals surface area contributed by atoms with Gasteiger partial charge < -0.3 is 9.52 Å². The van der Waals surface area contributed by atoms with Gasteiger partial charge in [-0.15, -0.1) is 0 Å². The number of likely N-dealkylation sites (N-methyl/N-ethyl adjacent to an activating group) is 1. The van der Waals surface area contributed by atoms with Crippen LogP contribution in [0.1, 0.15) is 24.8 Å². The summed E-state index contributed by atoms with van der Waals surface area (Å²) < 4.78 is 5.02. The summed E-state index contributed by atoms with van der Waals surface area (Å²) in [6.07, 6.45) is 6.50. The molecule has 1 aromatic rings. The van der Waals surface area contributed by atoms with Crippen molar-refractivity contribution >= 4 is 0 Å². The van der Waals surface area contributed by atoms with Crippen molar-refractivity contribution in [3.05, 3.63) is 24.2 Å². The van der Waals surface area contributed by atoms with Crippen molar-refractivity contribution in [3.8, 4) is 0 Å². The van der Waals surface area contributed by atoms with Crippen molar-refractivity contribution in [1.29, 1.82) is 0 Å². The Morgan fingerprint density at radius 3 is 3.00 bits per heavy atom. The molecule has 2 unspecified atom stereocenters. The molecule has 1 aliphatic rings. The van der Waals surface area contributed by atoms with Crippen LogP contribution in [0.3, 0.4) is 0 Å². The fourth-order valence-corrected chi connectivity index (χ4v) is 2.22. The Balaban J connectivity index is 1.92. The summed E-state index contributed by atoms with van der Waals surface area (Å²) in [6, 6.07) is 2.29. The monoisotopic (exact) mass is 195 g/mol. The molecule has 0 radical (unpaired) electrons. The summed E-state index contributed by atoms with van der Waals surface area (Å²) >= 11 is 0. The third-order valence-electron chi connectivity index (χ3n) is 3.02. The van der Waals surface area contributed by atoms with E-state index in [1.807, 2.05) is 6.07 Å². The quantitative estimate of drug-likeness (QED) is 0.796. The van der Waals surface area contributed by atoms with Crippen LogP contribution in [0.4, 0.5) is 0 Å². The molecule has 1 aliphatic carbocycles. The summed E-state index contributed by atoms with van der Waals surface area (Å²) in [6.45, 7) is 0.859.